The molecule has 0 fully saturated rings. The smallest absolute Gasteiger partial charge is 0.231 e. The summed E-state index contributed by atoms with van der Waals surface area (Å²) in [6.45, 7) is 1.79. The van der Waals surface area contributed by atoms with Gasteiger partial charge >= 0.3 is 0 Å². The second-order valence-corrected chi connectivity index (χ2v) is 13.8. The van der Waals surface area contributed by atoms with Crippen LogP contribution in [0.3, 0.4) is 0 Å². The van der Waals surface area contributed by atoms with Crippen LogP contribution in [0.15, 0.2) is 60.7 Å². The van der Waals surface area contributed by atoms with Crippen molar-refractivity contribution in [3.8, 4) is 57.1 Å². The first-order valence-corrected chi connectivity index (χ1v) is 17.1. The Hall–Kier alpha value is -5.81. The fraction of sp³-hybridized carbons (Fsp3) is 0.275. The van der Waals surface area contributed by atoms with Crippen molar-refractivity contribution in [2.75, 3.05) is 52.7 Å². The molecule has 0 bridgehead atoms. The van der Waals surface area contributed by atoms with Gasteiger partial charge in [-0.3, -0.25) is 4.79 Å². The number of rotatable bonds is 1. The van der Waals surface area contributed by atoms with Crippen LogP contribution in [0.1, 0.15) is 44.6 Å². The first kappa shape index (κ1) is 29.0. The number of carbonyl (C=O) groups is 1. The van der Waals surface area contributed by atoms with Gasteiger partial charge in [-0.25, -0.2) is 0 Å². The molecule has 0 aliphatic carbocycles. The van der Waals surface area contributed by atoms with Gasteiger partial charge in [-0.1, -0.05) is 18.2 Å². The number of Topliss-reactive ketones (excluding diaryl/α,β-unsaturated/α-hetero) is 1. The minimum atomic E-state index is -0.725. The molecule has 0 amide bonds. The number of ketones is 1. The standard InChI is InChI=1S/C40H32N2O9/c1-41-10-9-21-12-31-33(49-17-47-31)14-26(21)38(43)34(23-6-7-28-39(27(23)15-41)50-18-44-28)37-35-22(5-8-29-40(35)51-19-45-29)24-4-3-20-11-30-32(48-16-46-30)13-25(20)36(24)42(37)2/h3-8,11-14,34,37H,9-10,15-19H2,1-2H3/t34-,37+/m1/s1. The van der Waals surface area contributed by atoms with E-state index in [1.165, 1.54) is 0 Å². The maximum atomic E-state index is 15.8. The third-order valence-electron chi connectivity index (χ3n) is 11.1. The number of hydrogen-bond acceptors (Lipinski definition) is 11. The van der Waals surface area contributed by atoms with Gasteiger partial charge in [0.15, 0.2) is 51.8 Å². The lowest BCUT2D eigenvalue weighted by Gasteiger charge is -2.43. The van der Waals surface area contributed by atoms with Crippen LogP contribution < -0.4 is 42.8 Å². The molecule has 5 aromatic carbocycles. The highest BCUT2D eigenvalue weighted by Crippen LogP contribution is 2.59. The summed E-state index contributed by atoms with van der Waals surface area (Å²) in [6.07, 6.45) is 0.646. The average Bonchev–Trinajstić information content (AvgIpc) is 3.97. The SMILES string of the molecule is CN1CCc2cc3c(cc2C(=O)[C@@H]([C@H]2c4c(ccc5c4OCO5)-c4ccc5cc6c(cc5c4N2C)OCO6)c2ccc4c(c2C1)OCO4)OCO3. The predicted molar refractivity (Wildman–Crippen MR) is 185 cm³/mol. The molecule has 0 aromatic heterocycles. The first-order valence-electron chi connectivity index (χ1n) is 17.1. The Balaban J connectivity index is 1.21. The van der Waals surface area contributed by atoms with E-state index in [4.69, 9.17) is 37.9 Å². The summed E-state index contributed by atoms with van der Waals surface area (Å²) in [4.78, 5) is 20.3. The Bertz CT molecular complexity index is 2360. The van der Waals surface area contributed by atoms with Crippen LogP contribution in [0.2, 0.25) is 0 Å². The molecule has 51 heavy (non-hydrogen) atoms. The van der Waals surface area contributed by atoms with Gasteiger partial charge in [0.2, 0.25) is 27.2 Å². The lowest BCUT2D eigenvalue weighted by atomic mass is 9.73. The fourth-order valence-corrected chi connectivity index (χ4v) is 8.74. The summed E-state index contributed by atoms with van der Waals surface area (Å²) in [7, 11) is 4.16. The Labute approximate surface area is 292 Å². The molecule has 2 atom stereocenters. The minimum absolute atomic E-state index is 0.0337. The van der Waals surface area contributed by atoms with Gasteiger partial charge in [0.25, 0.3) is 0 Å². The number of ether oxygens (including phenoxy) is 8. The van der Waals surface area contributed by atoms with Gasteiger partial charge in [0, 0.05) is 47.8 Å². The normalized spacial score (nSPS) is 20.6. The maximum Gasteiger partial charge on any atom is 0.231 e. The number of fused-ring (bicyclic) bond motifs is 13. The Morgan fingerprint density at radius 3 is 2.10 bits per heavy atom. The highest BCUT2D eigenvalue weighted by atomic mass is 16.7. The van der Waals surface area contributed by atoms with Gasteiger partial charge in [0.1, 0.15) is 0 Å². The number of likely N-dealkylation sites (N-methyl/N-ethyl adjacent to an activating group) is 2. The van der Waals surface area contributed by atoms with Crippen LogP contribution in [-0.4, -0.2) is 58.5 Å². The molecule has 6 aliphatic heterocycles. The average molecular weight is 685 g/mol. The Morgan fingerprint density at radius 1 is 0.627 bits per heavy atom. The molecule has 0 saturated carbocycles. The van der Waals surface area contributed by atoms with Crippen LogP contribution in [0.5, 0.6) is 46.0 Å². The zero-order valence-electron chi connectivity index (χ0n) is 27.9. The monoisotopic (exact) mass is 684 g/mol. The summed E-state index contributed by atoms with van der Waals surface area (Å²) in [5.74, 6) is 4.54. The van der Waals surface area contributed by atoms with Crippen LogP contribution in [0, 0.1) is 0 Å². The third-order valence-corrected chi connectivity index (χ3v) is 11.1. The van der Waals surface area contributed by atoms with Gasteiger partial charge in [0.05, 0.1) is 17.6 Å². The fourth-order valence-electron chi connectivity index (χ4n) is 8.74. The highest BCUT2D eigenvalue weighted by Gasteiger charge is 2.46. The van der Waals surface area contributed by atoms with E-state index in [0.29, 0.717) is 64.5 Å². The Morgan fingerprint density at radius 2 is 1.27 bits per heavy atom. The molecule has 11 rings (SSSR count). The van der Waals surface area contributed by atoms with E-state index in [1.54, 1.807) is 0 Å². The van der Waals surface area contributed by atoms with E-state index in [1.807, 2.05) is 42.5 Å². The van der Waals surface area contributed by atoms with Crippen molar-refractivity contribution in [1.29, 1.82) is 0 Å². The summed E-state index contributed by atoms with van der Waals surface area (Å²) in [6, 6.07) is 19.6. The van der Waals surface area contributed by atoms with E-state index in [-0.39, 0.29) is 33.0 Å². The largest absolute Gasteiger partial charge is 0.454 e. The molecule has 5 aromatic rings. The Kier molecular flexibility index (Phi) is 6.02. The molecule has 0 N–H and O–H groups in total. The molecule has 0 unspecified atom stereocenters. The summed E-state index contributed by atoms with van der Waals surface area (Å²) < 4.78 is 47.6. The van der Waals surface area contributed by atoms with Crippen molar-refractivity contribution in [3.05, 3.63) is 88.5 Å². The summed E-state index contributed by atoms with van der Waals surface area (Å²) in [5.41, 5.74) is 7.20. The quantitative estimate of drug-likeness (QED) is 0.192. The number of hydrogen-bond donors (Lipinski definition) is 0. The van der Waals surface area contributed by atoms with Gasteiger partial charge in [-0.05, 0) is 78.0 Å². The van der Waals surface area contributed by atoms with E-state index in [0.717, 1.165) is 56.4 Å². The number of anilines is 1. The van der Waals surface area contributed by atoms with E-state index in [2.05, 4.69) is 42.1 Å². The van der Waals surface area contributed by atoms with Crippen LogP contribution >= 0.6 is 0 Å². The molecule has 11 heteroatoms. The van der Waals surface area contributed by atoms with Crippen molar-refractivity contribution in [2.45, 2.75) is 24.9 Å². The van der Waals surface area contributed by atoms with Crippen LogP contribution in [0.4, 0.5) is 5.69 Å². The molecule has 6 aliphatic rings. The third kappa shape index (κ3) is 4.12. The zero-order valence-corrected chi connectivity index (χ0v) is 27.9. The van der Waals surface area contributed by atoms with E-state index in [9.17, 15) is 0 Å². The molecule has 256 valence electrons. The minimum Gasteiger partial charge on any atom is -0.454 e. The highest BCUT2D eigenvalue weighted by molar-refractivity contribution is 6.08. The second kappa shape index (κ2) is 10.6. The molecular weight excluding hydrogens is 652 g/mol. The van der Waals surface area contributed by atoms with Crippen molar-refractivity contribution in [1.82, 2.24) is 4.90 Å². The molecule has 11 nitrogen and oxygen atoms in total. The van der Waals surface area contributed by atoms with Crippen molar-refractivity contribution in [3.63, 3.8) is 0 Å². The predicted octanol–water partition coefficient (Wildman–Crippen LogP) is 6.57. The lowest BCUT2D eigenvalue weighted by Crippen LogP contribution is -2.38. The van der Waals surface area contributed by atoms with E-state index < -0.39 is 12.0 Å². The van der Waals surface area contributed by atoms with Crippen molar-refractivity contribution < 1.29 is 42.7 Å². The van der Waals surface area contributed by atoms with Crippen LogP contribution in [-0.2, 0) is 13.0 Å². The molecular formula is C40H32N2O9. The van der Waals surface area contributed by atoms with Crippen molar-refractivity contribution in [2.24, 2.45) is 0 Å². The summed E-state index contributed by atoms with van der Waals surface area (Å²) >= 11 is 0. The number of benzene rings is 5. The number of carbonyl (C=O) groups excluding carboxylic acids is 1. The topological polar surface area (TPSA) is 97.4 Å². The van der Waals surface area contributed by atoms with E-state index >= 15 is 4.79 Å². The van der Waals surface area contributed by atoms with Gasteiger partial charge < -0.3 is 47.7 Å². The van der Waals surface area contributed by atoms with Crippen molar-refractivity contribution >= 4 is 22.2 Å². The first-order chi connectivity index (χ1) is 25.0. The molecule has 0 spiro atoms. The van der Waals surface area contributed by atoms with Gasteiger partial charge in [-0.2, -0.15) is 0 Å². The maximum absolute atomic E-state index is 15.8. The zero-order chi connectivity index (χ0) is 34.0. The molecule has 0 radical (unpaired) electrons. The lowest BCUT2D eigenvalue weighted by molar-refractivity contribution is 0.0941. The molecule has 6 heterocycles. The number of nitrogens with zero attached hydrogens (tertiary/aromatic N) is 2. The van der Waals surface area contributed by atoms with Gasteiger partial charge in [-0.15, -0.1) is 0 Å². The summed E-state index contributed by atoms with van der Waals surface area (Å²) in [5, 5.41) is 2.00. The second-order valence-electron chi connectivity index (χ2n) is 13.8. The molecule has 0 saturated heterocycles. The van der Waals surface area contributed by atoms with Crippen LogP contribution in [0.25, 0.3) is 21.9 Å².